The Labute approximate surface area is 204 Å². The number of hydrogen-bond acceptors (Lipinski definition) is 3. The SMILES string of the molecule is Cc1cc(F)ccc1[C@@H]1CN(C(=O)C(N)=O)CC[C@H]1C(=O)N(C)Cc1cc(Cl)cc(C(F)(F)F)c1. The summed E-state index contributed by atoms with van der Waals surface area (Å²) in [5.41, 5.74) is 5.62. The summed E-state index contributed by atoms with van der Waals surface area (Å²) < 4.78 is 53.2. The van der Waals surface area contributed by atoms with E-state index in [0.29, 0.717) is 11.1 Å². The topological polar surface area (TPSA) is 83.7 Å². The molecule has 1 saturated heterocycles. The van der Waals surface area contributed by atoms with Crippen LogP contribution < -0.4 is 5.73 Å². The highest BCUT2D eigenvalue weighted by atomic mass is 35.5. The molecule has 1 fully saturated rings. The Balaban J connectivity index is 1.89. The van der Waals surface area contributed by atoms with E-state index in [0.717, 1.165) is 12.1 Å². The first-order valence-corrected chi connectivity index (χ1v) is 11.1. The van der Waals surface area contributed by atoms with E-state index in [9.17, 15) is 31.9 Å². The molecule has 2 N–H and O–H groups in total. The van der Waals surface area contributed by atoms with Gasteiger partial charge in [-0.25, -0.2) is 4.39 Å². The summed E-state index contributed by atoms with van der Waals surface area (Å²) in [4.78, 5) is 39.6. The predicted octanol–water partition coefficient (Wildman–Crippen LogP) is 3.88. The van der Waals surface area contributed by atoms with Crippen LogP contribution in [0, 0.1) is 18.7 Å². The second-order valence-corrected chi connectivity index (χ2v) is 9.09. The van der Waals surface area contributed by atoms with Crippen LogP contribution >= 0.6 is 11.6 Å². The maximum atomic E-state index is 13.7. The number of primary amides is 1. The first-order valence-electron chi connectivity index (χ1n) is 10.7. The molecular weight excluding hydrogens is 490 g/mol. The molecule has 1 aliphatic heterocycles. The number of benzene rings is 2. The van der Waals surface area contributed by atoms with Crippen molar-refractivity contribution < 1.29 is 31.9 Å². The summed E-state index contributed by atoms with van der Waals surface area (Å²) in [6.07, 6.45) is -4.40. The molecule has 0 aromatic heterocycles. The molecule has 2 aromatic rings. The largest absolute Gasteiger partial charge is 0.416 e. The minimum atomic E-state index is -4.59. The number of amides is 3. The number of hydrogen-bond donors (Lipinski definition) is 1. The first kappa shape index (κ1) is 26.5. The number of nitrogens with two attached hydrogens (primary N) is 1. The summed E-state index contributed by atoms with van der Waals surface area (Å²) in [7, 11) is 1.46. The lowest BCUT2D eigenvalue weighted by atomic mass is 9.78. The van der Waals surface area contributed by atoms with Crippen LogP contribution in [0.1, 0.15) is 34.6 Å². The lowest BCUT2D eigenvalue weighted by Gasteiger charge is -2.39. The summed E-state index contributed by atoms with van der Waals surface area (Å²) in [6, 6.07) is 7.18. The Kier molecular flexibility index (Phi) is 7.74. The molecule has 0 bridgehead atoms. The van der Waals surface area contributed by atoms with Gasteiger partial charge in [-0.15, -0.1) is 0 Å². The van der Waals surface area contributed by atoms with Crippen molar-refractivity contribution in [3.63, 3.8) is 0 Å². The Morgan fingerprint density at radius 1 is 1.17 bits per heavy atom. The number of halogens is 5. The van der Waals surface area contributed by atoms with Crippen LogP contribution in [0.25, 0.3) is 0 Å². The fourth-order valence-corrected chi connectivity index (χ4v) is 4.76. The average Bonchev–Trinajstić information content (AvgIpc) is 2.76. The van der Waals surface area contributed by atoms with Gasteiger partial charge in [0.05, 0.1) is 5.56 Å². The van der Waals surface area contributed by atoms with Crippen molar-refractivity contribution in [1.29, 1.82) is 0 Å². The molecule has 3 rings (SSSR count). The van der Waals surface area contributed by atoms with Crippen LogP contribution in [-0.4, -0.2) is 47.7 Å². The molecule has 3 amide bonds. The van der Waals surface area contributed by atoms with Crippen molar-refractivity contribution in [2.75, 3.05) is 20.1 Å². The van der Waals surface area contributed by atoms with Crippen LogP contribution in [-0.2, 0) is 27.1 Å². The fourth-order valence-electron chi connectivity index (χ4n) is 4.50. The number of carbonyl (C=O) groups excluding carboxylic acids is 3. The van der Waals surface area contributed by atoms with E-state index >= 15 is 0 Å². The van der Waals surface area contributed by atoms with Crippen LogP contribution in [0.15, 0.2) is 36.4 Å². The summed E-state index contributed by atoms with van der Waals surface area (Å²) in [5, 5.41) is -0.103. The number of nitrogens with zero attached hydrogens (tertiary/aromatic N) is 2. The molecule has 11 heteroatoms. The van der Waals surface area contributed by atoms with Gasteiger partial charge in [0, 0.05) is 43.5 Å². The van der Waals surface area contributed by atoms with Gasteiger partial charge in [-0.1, -0.05) is 17.7 Å². The molecule has 0 saturated carbocycles. The highest BCUT2D eigenvalue weighted by molar-refractivity contribution is 6.34. The second kappa shape index (κ2) is 10.2. The predicted molar refractivity (Wildman–Crippen MR) is 121 cm³/mol. The van der Waals surface area contributed by atoms with Crippen molar-refractivity contribution in [1.82, 2.24) is 9.80 Å². The molecule has 35 heavy (non-hydrogen) atoms. The molecule has 0 spiro atoms. The maximum Gasteiger partial charge on any atom is 0.416 e. The normalized spacial score (nSPS) is 18.3. The third-order valence-electron chi connectivity index (χ3n) is 6.14. The van der Waals surface area contributed by atoms with Gasteiger partial charge in [0.15, 0.2) is 0 Å². The van der Waals surface area contributed by atoms with E-state index in [1.54, 1.807) is 6.92 Å². The van der Waals surface area contributed by atoms with Crippen LogP contribution in [0.4, 0.5) is 17.6 Å². The van der Waals surface area contributed by atoms with Gasteiger partial charge in [0.2, 0.25) is 5.91 Å². The number of alkyl halides is 3. The minimum Gasteiger partial charge on any atom is -0.361 e. The van der Waals surface area contributed by atoms with Gasteiger partial charge in [0.25, 0.3) is 0 Å². The first-order chi connectivity index (χ1) is 16.3. The lowest BCUT2D eigenvalue weighted by Crippen LogP contribution is -2.50. The molecule has 0 unspecified atom stereocenters. The molecule has 6 nitrogen and oxygen atoms in total. The van der Waals surface area contributed by atoms with Crippen molar-refractivity contribution in [3.8, 4) is 0 Å². The van der Waals surface area contributed by atoms with Crippen molar-refractivity contribution >= 4 is 29.3 Å². The molecule has 0 radical (unpaired) electrons. The highest BCUT2D eigenvalue weighted by Crippen LogP contribution is 2.36. The van der Waals surface area contributed by atoms with E-state index < -0.39 is 41.2 Å². The Bertz CT molecular complexity index is 1160. The zero-order chi connectivity index (χ0) is 26.1. The molecule has 1 heterocycles. The zero-order valence-electron chi connectivity index (χ0n) is 19.0. The quantitative estimate of drug-likeness (QED) is 0.497. The van der Waals surface area contributed by atoms with E-state index in [-0.39, 0.29) is 42.5 Å². The van der Waals surface area contributed by atoms with Crippen LogP contribution in [0.3, 0.4) is 0 Å². The van der Waals surface area contributed by atoms with Gasteiger partial charge in [-0.3, -0.25) is 14.4 Å². The van der Waals surface area contributed by atoms with Crippen molar-refractivity contribution in [3.05, 3.63) is 69.5 Å². The third-order valence-corrected chi connectivity index (χ3v) is 6.36. The Morgan fingerprint density at radius 2 is 1.86 bits per heavy atom. The molecule has 2 atom stereocenters. The number of carbonyl (C=O) groups is 3. The summed E-state index contributed by atoms with van der Waals surface area (Å²) in [5.74, 6) is -4.07. The summed E-state index contributed by atoms with van der Waals surface area (Å²) in [6.45, 7) is 1.65. The van der Waals surface area contributed by atoms with Crippen LogP contribution in [0.2, 0.25) is 5.02 Å². The van der Waals surface area contributed by atoms with Gasteiger partial charge in [-0.05, 0) is 60.4 Å². The maximum absolute atomic E-state index is 13.7. The van der Waals surface area contributed by atoms with Gasteiger partial charge in [-0.2, -0.15) is 13.2 Å². The van der Waals surface area contributed by atoms with Gasteiger partial charge in [0.1, 0.15) is 5.82 Å². The van der Waals surface area contributed by atoms with E-state index in [2.05, 4.69) is 0 Å². The lowest BCUT2D eigenvalue weighted by molar-refractivity contribution is -0.147. The summed E-state index contributed by atoms with van der Waals surface area (Å²) >= 11 is 5.86. The number of aryl methyl sites for hydroxylation is 1. The molecule has 0 aliphatic carbocycles. The number of piperidine rings is 1. The minimum absolute atomic E-state index is 0.00782. The molecule has 1 aliphatic rings. The second-order valence-electron chi connectivity index (χ2n) is 8.66. The van der Waals surface area contributed by atoms with Crippen molar-refractivity contribution in [2.45, 2.75) is 32.0 Å². The molecule has 2 aromatic carbocycles. The zero-order valence-corrected chi connectivity index (χ0v) is 19.8. The van der Waals surface area contributed by atoms with E-state index in [4.69, 9.17) is 17.3 Å². The van der Waals surface area contributed by atoms with E-state index in [1.807, 2.05) is 0 Å². The van der Waals surface area contributed by atoms with Gasteiger partial charge >= 0.3 is 18.0 Å². The average molecular weight is 514 g/mol. The van der Waals surface area contributed by atoms with Gasteiger partial charge < -0.3 is 15.5 Å². The highest BCUT2D eigenvalue weighted by Gasteiger charge is 2.39. The van der Waals surface area contributed by atoms with Crippen molar-refractivity contribution in [2.24, 2.45) is 11.7 Å². The van der Waals surface area contributed by atoms with E-state index in [1.165, 1.54) is 41.1 Å². The number of rotatable bonds is 4. The smallest absolute Gasteiger partial charge is 0.361 e. The monoisotopic (exact) mass is 513 g/mol. The standard InChI is InChI=1S/C24H24ClF4N3O3/c1-13-7-17(26)3-4-18(13)20-12-32(23(35)21(30)33)6-5-19(20)22(34)31(2)11-14-8-15(24(27,28)29)10-16(25)9-14/h3-4,7-10,19-20H,5-6,11-12H2,1-2H3,(H2,30,33)/t19-,20+/m1/s1. The molecule has 188 valence electrons. The Morgan fingerprint density at radius 3 is 2.46 bits per heavy atom. The van der Waals surface area contributed by atoms with Crippen LogP contribution in [0.5, 0.6) is 0 Å². The Hall–Kier alpha value is -3.14. The molecular formula is C24H24ClF4N3O3. The third kappa shape index (κ3) is 6.11. The fraction of sp³-hybridized carbons (Fsp3) is 0.375. The number of likely N-dealkylation sites (tertiary alicyclic amines) is 1.